The lowest BCUT2D eigenvalue weighted by Crippen LogP contribution is -2.48. The van der Waals surface area contributed by atoms with Gasteiger partial charge in [0.2, 0.25) is 10.0 Å². The highest BCUT2D eigenvalue weighted by molar-refractivity contribution is 7.89. The maximum atomic E-state index is 12.9. The minimum absolute atomic E-state index is 0.0751. The van der Waals surface area contributed by atoms with Gasteiger partial charge in [0.1, 0.15) is 0 Å². The number of hydrogen-bond acceptors (Lipinski definition) is 3. The van der Waals surface area contributed by atoms with Crippen molar-refractivity contribution >= 4 is 16.1 Å². The van der Waals surface area contributed by atoms with Crippen molar-refractivity contribution in [1.29, 1.82) is 0 Å². The quantitative estimate of drug-likeness (QED) is 0.840. The monoisotopic (exact) mass is 367 g/mol. The highest BCUT2D eigenvalue weighted by atomic mass is 32.2. The van der Waals surface area contributed by atoms with E-state index in [4.69, 9.17) is 0 Å². The number of sulfonamides is 1. The van der Waals surface area contributed by atoms with E-state index in [0.29, 0.717) is 24.4 Å². The molecule has 0 aromatic heterocycles. The van der Waals surface area contributed by atoms with Gasteiger partial charge in [-0.2, -0.15) is 4.31 Å². The smallest absolute Gasteiger partial charge is 0.315 e. The summed E-state index contributed by atoms with van der Waals surface area (Å²) in [6.45, 7) is 6.75. The third-order valence-corrected chi connectivity index (χ3v) is 6.14. The molecule has 7 heteroatoms. The molecule has 1 aliphatic rings. The molecule has 1 saturated heterocycles. The van der Waals surface area contributed by atoms with Crippen molar-refractivity contribution in [2.45, 2.75) is 62.9 Å². The van der Waals surface area contributed by atoms with Gasteiger partial charge in [0.15, 0.2) is 0 Å². The first-order chi connectivity index (χ1) is 11.7. The van der Waals surface area contributed by atoms with Crippen LogP contribution < -0.4 is 10.6 Å². The second-order valence-corrected chi connectivity index (χ2v) is 9.39. The summed E-state index contributed by atoms with van der Waals surface area (Å²) >= 11 is 0. The Bertz CT molecular complexity index is 669. The van der Waals surface area contributed by atoms with Gasteiger partial charge in [-0.3, -0.25) is 0 Å². The molecule has 1 atom stereocenters. The van der Waals surface area contributed by atoms with Crippen LogP contribution in [0.25, 0.3) is 0 Å². The Kier molecular flexibility index (Phi) is 6.46. The Hall–Kier alpha value is -1.60. The van der Waals surface area contributed by atoms with Crippen LogP contribution in [0.15, 0.2) is 35.2 Å². The minimum Gasteiger partial charge on any atom is -0.338 e. The van der Waals surface area contributed by atoms with Crippen molar-refractivity contribution in [2.24, 2.45) is 0 Å². The zero-order valence-corrected chi connectivity index (χ0v) is 16.1. The van der Waals surface area contributed by atoms with E-state index in [9.17, 15) is 13.2 Å². The first-order valence-corrected chi connectivity index (χ1v) is 10.3. The molecule has 1 fully saturated rings. The molecule has 0 bridgehead atoms. The normalized spacial score (nSPS) is 19.4. The molecular formula is C18H29N3O3S. The molecule has 25 heavy (non-hydrogen) atoms. The molecule has 140 valence electrons. The van der Waals surface area contributed by atoms with Crippen LogP contribution in [0.4, 0.5) is 4.79 Å². The summed E-state index contributed by atoms with van der Waals surface area (Å²) in [6, 6.07) is 8.26. The predicted octanol–water partition coefficient (Wildman–Crippen LogP) is 2.72. The van der Waals surface area contributed by atoms with Gasteiger partial charge >= 0.3 is 6.03 Å². The Balaban J connectivity index is 1.98. The van der Waals surface area contributed by atoms with Gasteiger partial charge in [-0.25, -0.2) is 13.2 Å². The topological polar surface area (TPSA) is 78.5 Å². The molecule has 0 unspecified atom stereocenters. The maximum Gasteiger partial charge on any atom is 0.315 e. The van der Waals surface area contributed by atoms with Crippen LogP contribution in [-0.4, -0.2) is 43.4 Å². The van der Waals surface area contributed by atoms with Gasteiger partial charge < -0.3 is 10.6 Å². The van der Waals surface area contributed by atoms with E-state index in [2.05, 4.69) is 10.6 Å². The Morgan fingerprint density at radius 3 is 2.52 bits per heavy atom. The number of nitrogens with one attached hydrogen (secondary N) is 2. The number of hydrogen-bond donors (Lipinski definition) is 2. The van der Waals surface area contributed by atoms with Gasteiger partial charge in [0.05, 0.1) is 4.90 Å². The lowest BCUT2D eigenvalue weighted by Gasteiger charge is -2.35. The standard InChI is InChI=1S/C18H29N3O3S/c1-18(2,3)20-17(22)19-13-12-15-9-7-8-14-21(15)25(23,24)16-10-5-4-6-11-16/h4-6,10-11,15H,7-9,12-14H2,1-3H3,(H2,19,20,22)/t15-/m0/s1. The van der Waals surface area contributed by atoms with E-state index in [1.165, 1.54) is 0 Å². The number of amides is 2. The number of carbonyl (C=O) groups is 1. The molecule has 2 rings (SSSR count). The number of benzene rings is 1. The summed E-state index contributed by atoms with van der Waals surface area (Å²) in [5.41, 5.74) is -0.294. The first-order valence-electron chi connectivity index (χ1n) is 8.83. The largest absolute Gasteiger partial charge is 0.338 e. The van der Waals surface area contributed by atoms with E-state index < -0.39 is 10.0 Å². The van der Waals surface area contributed by atoms with Crippen LogP contribution in [0.3, 0.4) is 0 Å². The van der Waals surface area contributed by atoms with Gasteiger partial charge in [-0.1, -0.05) is 24.6 Å². The van der Waals surface area contributed by atoms with E-state index in [1.54, 1.807) is 28.6 Å². The summed E-state index contributed by atoms with van der Waals surface area (Å²) in [5, 5.41) is 5.67. The lowest BCUT2D eigenvalue weighted by atomic mass is 10.0. The molecule has 1 heterocycles. The Morgan fingerprint density at radius 1 is 1.20 bits per heavy atom. The van der Waals surface area contributed by atoms with Crippen molar-refractivity contribution in [2.75, 3.05) is 13.1 Å². The second kappa shape index (κ2) is 8.19. The van der Waals surface area contributed by atoms with Crippen molar-refractivity contribution < 1.29 is 13.2 Å². The van der Waals surface area contributed by atoms with Crippen LogP contribution in [0.2, 0.25) is 0 Å². The average Bonchev–Trinajstić information content (AvgIpc) is 2.54. The molecule has 1 aromatic rings. The fraction of sp³-hybridized carbons (Fsp3) is 0.611. The van der Waals surface area contributed by atoms with Crippen molar-refractivity contribution in [3.8, 4) is 0 Å². The van der Waals surface area contributed by atoms with E-state index in [0.717, 1.165) is 19.3 Å². The summed E-state index contributed by atoms with van der Waals surface area (Å²) in [4.78, 5) is 12.2. The van der Waals surface area contributed by atoms with Gasteiger partial charge in [0.25, 0.3) is 0 Å². The highest BCUT2D eigenvalue weighted by Gasteiger charge is 2.33. The molecule has 0 radical (unpaired) electrons. The van der Waals surface area contributed by atoms with Crippen LogP contribution in [0.1, 0.15) is 46.5 Å². The van der Waals surface area contributed by atoms with Crippen LogP contribution in [0, 0.1) is 0 Å². The van der Waals surface area contributed by atoms with Crippen LogP contribution >= 0.6 is 0 Å². The van der Waals surface area contributed by atoms with Crippen LogP contribution in [0.5, 0.6) is 0 Å². The number of nitrogens with zero attached hydrogens (tertiary/aromatic N) is 1. The zero-order chi connectivity index (χ0) is 18.5. The molecule has 0 saturated carbocycles. The molecule has 0 spiro atoms. The van der Waals surface area contributed by atoms with Gasteiger partial charge in [0, 0.05) is 24.7 Å². The molecule has 1 aliphatic heterocycles. The van der Waals surface area contributed by atoms with Gasteiger partial charge in [-0.05, 0) is 52.2 Å². The SMILES string of the molecule is CC(C)(C)NC(=O)NCC[C@@H]1CCCCN1S(=O)(=O)c1ccccc1. The Morgan fingerprint density at radius 2 is 1.88 bits per heavy atom. The number of piperidine rings is 1. The van der Waals surface area contributed by atoms with Crippen molar-refractivity contribution in [1.82, 2.24) is 14.9 Å². The summed E-state index contributed by atoms with van der Waals surface area (Å²) < 4.78 is 27.4. The van der Waals surface area contributed by atoms with E-state index in [-0.39, 0.29) is 17.6 Å². The predicted molar refractivity (Wildman–Crippen MR) is 98.9 cm³/mol. The second-order valence-electron chi connectivity index (χ2n) is 7.50. The Labute approximate surface area is 151 Å². The summed E-state index contributed by atoms with van der Waals surface area (Å²) in [7, 11) is -3.49. The molecule has 0 aliphatic carbocycles. The van der Waals surface area contributed by atoms with E-state index >= 15 is 0 Å². The molecule has 1 aromatic carbocycles. The summed E-state index contributed by atoms with van der Waals surface area (Å²) in [5.74, 6) is 0. The third-order valence-electron chi connectivity index (χ3n) is 4.17. The highest BCUT2D eigenvalue weighted by Crippen LogP contribution is 2.26. The fourth-order valence-electron chi connectivity index (χ4n) is 3.04. The summed E-state index contributed by atoms with van der Waals surface area (Å²) in [6.07, 6.45) is 3.33. The van der Waals surface area contributed by atoms with Crippen molar-refractivity contribution in [3.63, 3.8) is 0 Å². The number of urea groups is 1. The third kappa shape index (κ3) is 5.71. The molecule has 2 amide bonds. The van der Waals surface area contributed by atoms with E-state index in [1.807, 2.05) is 26.8 Å². The van der Waals surface area contributed by atoms with Crippen molar-refractivity contribution in [3.05, 3.63) is 30.3 Å². The molecule has 2 N–H and O–H groups in total. The number of carbonyl (C=O) groups excluding carboxylic acids is 1. The minimum atomic E-state index is -3.49. The number of rotatable bonds is 5. The maximum absolute atomic E-state index is 12.9. The zero-order valence-electron chi connectivity index (χ0n) is 15.3. The molecular weight excluding hydrogens is 338 g/mol. The first kappa shape index (κ1) is 19.7. The van der Waals surface area contributed by atoms with Crippen LogP contribution in [-0.2, 0) is 10.0 Å². The molecule has 6 nitrogen and oxygen atoms in total. The fourth-order valence-corrected chi connectivity index (χ4v) is 4.79. The average molecular weight is 368 g/mol. The lowest BCUT2D eigenvalue weighted by molar-refractivity contribution is 0.223. The van der Waals surface area contributed by atoms with Gasteiger partial charge in [-0.15, -0.1) is 0 Å².